The summed E-state index contributed by atoms with van der Waals surface area (Å²) in [6.45, 7) is 1.91. The fourth-order valence-electron chi connectivity index (χ4n) is 0.990. The molecule has 0 aliphatic rings. The fourth-order valence-corrected chi connectivity index (χ4v) is 0.990. The average molecular weight is 182 g/mol. The van der Waals surface area contributed by atoms with Gasteiger partial charge in [0, 0.05) is 25.5 Å². The van der Waals surface area contributed by atoms with E-state index >= 15 is 0 Å². The number of nitrogens with zero attached hydrogens (tertiary/aromatic N) is 1. The summed E-state index contributed by atoms with van der Waals surface area (Å²) in [5, 5.41) is 2.98. The molecule has 0 bridgehead atoms. The van der Waals surface area contributed by atoms with Gasteiger partial charge >= 0.3 is 5.97 Å². The lowest BCUT2D eigenvalue weighted by atomic mass is 10.5. The van der Waals surface area contributed by atoms with E-state index in [9.17, 15) is 4.79 Å². The molecule has 0 atom stereocenters. The first-order valence-electron chi connectivity index (χ1n) is 4.21. The molecule has 0 fully saturated rings. The maximum atomic E-state index is 10.7. The molecule has 1 N–H and O–H groups in total. The van der Waals surface area contributed by atoms with Gasteiger partial charge in [0.15, 0.2) is 0 Å². The Balaban J connectivity index is 2.05. The Kier molecular flexibility index (Phi) is 4.05. The number of nitrogens with one attached hydrogen (secondary N) is 1. The largest absolute Gasteiger partial charge is 0.468 e. The summed E-state index contributed by atoms with van der Waals surface area (Å²) in [5.74, 6) is -0.229. The van der Waals surface area contributed by atoms with Crippen molar-refractivity contribution in [3.05, 3.63) is 24.5 Å². The second-order valence-corrected chi connectivity index (χ2v) is 2.67. The minimum Gasteiger partial charge on any atom is -0.468 e. The minimum absolute atomic E-state index is 0.229. The molecule has 1 aromatic heterocycles. The lowest BCUT2D eigenvalue weighted by molar-refractivity contribution is -0.139. The van der Waals surface area contributed by atoms with E-state index < -0.39 is 0 Å². The Morgan fingerprint density at radius 2 is 2.15 bits per heavy atom. The van der Waals surface area contributed by atoms with Gasteiger partial charge in [0.2, 0.25) is 0 Å². The van der Waals surface area contributed by atoms with Gasteiger partial charge in [-0.05, 0) is 12.1 Å². The van der Waals surface area contributed by atoms with Crippen molar-refractivity contribution in [1.29, 1.82) is 0 Å². The number of hydrogen-bond acceptors (Lipinski definition) is 3. The van der Waals surface area contributed by atoms with E-state index in [1.165, 1.54) is 7.11 Å². The Hall–Kier alpha value is -1.29. The van der Waals surface area contributed by atoms with Crippen LogP contribution in [0, 0.1) is 0 Å². The van der Waals surface area contributed by atoms with Crippen LogP contribution in [0.15, 0.2) is 24.5 Å². The first-order chi connectivity index (χ1) is 6.33. The van der Waals surface area contributed by atoms with E-state index in [0.717, 1.165) is 13.1 Å². The average Bonchev–Trinajstić information content (AvgIpc) is 2.64. The van der Waals surface area contributed by atoms with Crippen LogP contribution < -0.4 is 5.32 Å². The van der Waals surface area contributed by atoms with Crippen LogP contribution in [0.2, 0.25) is 0 Å². The van der Waals surface area contributed by atoms with Crippen LogP contribution in [-0.4, -0.2) is 30.7 Å². The van der Waals surface area contributed by atoms with Crippen LogP contribution in [0.4, 0.5) is 0 Å². The molecule has 4 nitrogen and oxygen atoms in total. The molecule has 0 aliphatic carbocycles. The van der Waals surface area contributed by atoms with Crippen LogP contribution >= 0.6 is 0 Å². The number of esters is 1. The molecule has 0 aromatic carbocycles. The van der Waals surface area contributed by atoms with Gasteiger partial charge in [-0.25, -0.2) is 0 Å². The molecule has 1 aromatic rings. The number of carbonyl (C=O) groups excluding carboxylic acids is 1. The highest BCUT2D eigenvalue weighted by molar-refractivity contribution is 5.71. The Labute approximate surface area is 77.5 Å². The topological polar surface area (TPSA) is 43.3 Å². The van der Waals surface area contributed by atoms with Gasteiger partial charge in [-0.3, -0.25) is 4.79 Å². The van der Waals surface area contributed by atoms with Crippen molar-refractivity contribution >= 4 is 5.97 Å². The zero-order chi connectivity index (χ0) is 9.52. The standard InChI is InChI=1S/C9H14N2O2/c1-13-9(12)8-10-4-7-11-5-2-3-6-11/h2-3,5-6,10H,4,7-8H2,1H3. The van der Waals surface area contributed by atoms with Gasteiger partial charge in [-0.15, -0.1) is 0 Å². The van der Waals surface area contributed by atoms with Crippen molar-refractivity contribution in [2.75, 3.05) is 20.2 Å². The van der Waals surface area contributed by atoms with Gasteiger partial charge in [0.05, 0.1) is 13.7 Å². The molecule has 0 saturated carbocycles. The van der Waals surface area contributed by atoms with E-state index in [1.54, 1.807) is 0 Å². The second-order valence-electron chi connectivity index (χ2n) is 2.67. The van der Waals surface area contributed by atoms with Crippen molar-refractivity contribution in [3.63, 3.8) is 0 Å². The first-order valence-corrected chi connectivity index (χ1v) is 4.21. The molecule has 1 heterocycles. The third-order valence-corrected chi connectivity index (χ3v) is 1.71. The number of rotatable bonds is 5. The molecule has 0 radical (unpaired) electrons. The van der Waals surface area contributed by atoms with Crippen molar-refractivity contribution < 1.29 is 9.53 Å². The normalized spacial score (nSPS) is 9.92. The zero-order valence-corrected chi connectivity index (χ0v) is 7.69. The molecule has 13 heavy (non-hydrogen) atoms. The lowest BCUT2D eigenvalue weighted by Crippen LogP contribution is -2.26. The van der Waals surface area contributed by atoms with Crippen LogP contribution in [0.1, 0.15) is 0 Å². The number of hydrogen-bond donors (Lipinski definition) is 1. The summed E-state index contributed by atoms with van der Waals surface area (Å²) in [6, 6.07) is 3.95. The van der Waals surface area contributed by atoms with Gasteiger partial charge in [0.25, 0.3) is 0 Å². The SMILES string of the molecule is COC(=O)CNCCn1cccc1. The molecule has 72 valence electrons. The minimum atomic E-state index is -0.229. The molecule has 0 aliphatic heterocycles. The predicted octanol–water partition coefficient (Wildman–Crippen LogP) is 0.251. The van der Waals surface area contributed by atoms with Crippen LogP contribution in [0.5, 0.6) is 0 Å². The van der Waals surface area contributed by atoms with Crippen molar-refractivity contribution in [2.24, 2.45) is 0 Å². The Morgan fingerprint density at radius 1 is 1.46 bits per heavy atom. The lowest BCUT2D eigenvalue weighted by Gasteiger charge is -2.04. The summed E-state index contributed by atoms with van der Waals surface area (Å²) in [7, 11) is 1.38. The third kappa shape index (κ3) is 3.75. The maximum Gasteiger partial charge on any atom is 0.319 e. The van der Waals surface area contributed by atoms with E-state index in [0.29, 0.717) is 0 Å². The van der Waals surface area contributed by atoms with E-state index in [1.807, 2.05) is 29.1 Å². The summed E-state index contributed by atoms with van der Waals surface area (Å²) < 4.78 is 6.53. The van der Waals surface area contributed by atoms with Crippen molar-refractivity contribution in [3.8, 4) is 0 Å². The third-order valence-electron chi connectivity index (χ3n) is 1.71. The molecule has 4 heteroatoms. The molecular weight excluding hydrogens is 168 g/mol. The van der Waals surface area contributed by atoms with Gasteiger partial charge in [-0.1, -0.05) is 0 Å². The molecule has 0 saturated heterocycles. The Morgan fingerprint density at radius 3 is 2.77 bits per heavy atom. The highest BCUT2D eigenvalue weighted by Gasteiger charge is 1.97. The van der Waals surface area contributed by atoms with E-state index in [2.05, 4.69) is 10.1 Å². The number of aromatic nitrogens is 1. The monoisotopic (exact) mass is 182 g/mol. The first kappa shape index (κ1) is 9.80. The highest BCUT2D eigenvalue weighted by atomic mass is 16.5. The maximum absolute atomic E-state index is 10.7. The van der Waals surface area contributed by atoms with E-state index in [-0.39, 0.29) is 12.5 Å². The molecule has 1 rings (SSSR count). The number of methoxy groups -OCH3 is 1. The van der Waals surface area contributed by atoms with Gasteiger partial charge < -0.3 is 14.6 Å². The molecule has 0 unspecified atom stereocenters. The van der Waals surface area contributed by atoms with Gasteiger partial charge in [-0.2, -0.15) is 0 Å². The zero-order valence-electron chi connectivity index (χ0n) is 7.69. The van der Waals surface area contributed by atoms with Gasteiger partial charge in [0.1, 0.15) is 0 Å². The number of ether oxygens (including phenoxy) is 1. The smallest absolute Gasteiger partial charge is 0.319 e. The number of carbonyl (C=O) groups is 1. The van der Waals surface area contributed by atoms with Crippen molar-refractivity contribution in [2.45, 2.75) is 6.54 Å². The second kappa shape index (κ2) is 5.37. The summed E-state index contributed by atoms with van der Waals surface area (Å²) in [6.07, 6.45) is 3.97. The summed E-state index contributed by atoms with van der Waals surface area (Å²) in [4.78, 5) is 10.7. The Bertz CT molecular complexity index is 244. The van der Waals surface area contributed by atoms with Crippen LogP contribution in [-0.2, 0) is 16.1 Å². The van der Waals surface area contributed by atoms with Crippen molar-refractivity contribution in [1.82, 2.24) is 9.88 Å². The predicted molar refractivity (Wildman–Crippen MR) is 49.3 cm³/mol. The quantitative estimate of drug-likeness (QED) is 0.524. The summed E-state index contributed by atoms with van der Waals surface area (Å²) in [5.41, 5.74) is 0. The molecule has 0 spiro atoms. The fraction of sp³-hybridized carbons (Fsp3) is 0.444. The molecule has 0 amide bonds. The highest BCUT2D eigenvalue weighted by Crippen LogP contribution is 1.87. The molecular formula is C9H14N2O2. The van der Waals surface area contributed by atoms with E-state index in [4.69, 9.17) is 0 Å². The van der Waals surface area contributed by atoms with Crippen LogP contribution in [0.25, 0.3) is 0 Å². The van der Waals surface area contributed by atoms with Crippen LogP contribution in [0.3, 0.4) is 0 Å². The summed E-state index contributed by atoms with van der Waals surface area (Å²) >= 11 is 0.